The standard InChI is InChI=1S/C16H15NO/c1-15-9-14(18)7-13(15)8-16(10-15,11-17)12-5-3-2-4-6-12/h2-7H,8-10H2,1H3/t15-,16-/m1/s1. The molecule has 2 heteroatoms. The fourth-order valence-corrected chi connectivity index (χ4v) is 3.52. The first-order valence-corrected chi connectivity index (χ1v) is 6.29. The summed E-state index contributed by atoms with van der Waals surface area (Å²) in [6.45, 7) is 2.12. The van der Waals surface area contributed by atoms with Gasteiger partial charge >= 0.3 is 0 Å². The Kier molecular flexibility index (Phi) is 2.22. The highest BCUT2D eigenvalue weighted by Gasteiger charge is 2.53. The molecule has 2 atom stereocenters. The lowest BCUT2D eigenvalue weighted by atomic mass is 9.76. The second kappa shape index (κ2) is 3.55. The summed E-state index contributed by atoms with van der Waals surface area (Å²) < 4.78 is 0. The summed E-state index contributed by atoms with van der Waals surface area (Å²) in [6, 6.07) is 12.5. The molecule has 2 nitrogen and oxygen atoms in total. The Morgan fingerprint density at radius 3 is 2.56 bits per heavy atom. The molecular formula is C16H15NO. The molecule has 1 fully saturated rings. The number of carbonyl (C=O) groups is 1. The van der Waals surface area contributed by atoms with Gasteiger partial charge < -0.3 is 0 Å². The minimum Gasteiger partial charge on any atom is -0.295 e. The molecule has 2 aliphatic carbocycles. The van der Waals surface area contributed by atoms with E-state index in [2.05, 4.69) is 13.0 Å². The van der Waals surface area contributed by atoms with Crippen LogP contribution in [0.1, 0.15) is 31.7 Å². The lowest BCUT2D eigenvalue weighted by molar-refractivity contribution is -0.115. The van der Waals surface area contributed by atoms with E-state index in [9.17, 15) is 10.1 Å². The predicted molar refractivity (Wildman–Crippen MR) is 68.8 cm³/mol. The summed E-state index contributed by atoms with van der Waals surface area (Å²) in [5.74, 6) is 0.215. The van der Waals surface area contributed by atoms with E-state index in [1.54, 1.807) is 6.08 Å². The van der Waals surface area contributed by atoms with Crippen LogP contribution in [0.4, 0.5) is 0 Å². The number of ketones is 1. The van der Waals surface area contributed by atoms with Crippen molar-refractivity contribution in [2.45, 2.75) is 31.6 Å². The highest BCUT2D eigenvalue weighted by molar-refractivity contribution is 5.94. The zero-order valence-corrected chi connectivity index (χ0v) is 10.4. The van der Waals surface area contributed by atoms with Crippen LogP contribution < -0.4 is 0 Å². The maximum Gasteiger partial charge on any atom is 0.156 e. The molecule has 0 amide bonds. The molecule has 3 rings (SSSR count). The second-order valence-electron chi connectivity index (χ2n) is 5.79. The van der Waals surface area contributed by atoms with Crippen molar-refractivity contribution in [1.82, 2.24) is 0 Å². The fourth-order valence-electron chi connectivity index (χ4n) is 3.52. The Bertz CT molecular complexity index is 581. The number of allylic oxidation sites excluding steroid dienone is 2. The van der Waals surface area contributed by atoms with Gasteiger partial charge in [-0.3, -0.25) is 4.79 Å². The molecule has 1 aromatic rings. The Balaban J connectivity index is 2.06. The fraction of sp³-hybridized carbons (Fsp3) is 0.375. The number of benzene rings is 1. The Labute approximate surface area is 107 Å². The summed E-state index contributed by atoms with van der Waals surface area (Å²) >= 11 is 0. The van der Waals surface area contributed by atoms with Gasteiger partial charge in [0.2, 0.25) is 0 Å². The van der Waals surface area contributed by atoms with E-state index in [4.69, 9.17) is 0 Å². The molecule has 0 unspecified atom stereocenters. The molecule has 0 bridgehead atoms. The molecule has 1 saturated carbocycles. The maximum absolute atomic E-state index is 11.5. The van der Waals surface area contributed by atoms with Crippen molar-refractivity contribution in [2.75, 3.05) is 0 Å². The monoisotopic (exact) mass is 237 g/mol. The smallest absolute Gasteiger partial charge is 0.156 e. The van der Waals surface area contributed by atoms with Gasteiger partial charge in [0.25, 0.3) is 0 Å². The Morgan fingerprint density at radius 2 is 1.94 bits per heavy atom. The van der Waals surface area contributed by atoms with Crippen LogP contribution in [0.2, 0.25) is 0 Å². The lowest BCUT2D eigenvalue weighted by Gasteiger charge is -2.25. The van der Waals surface area contributed by atoms with Gasteiger partial charge in [0, 0.05) is 6.42 Å². The summed E-state index contributed by atoms with van der Waals surface area (Å²) in [5, 5.41) is 9.64. The highest BCUT2D eigenvalue weighted by Crippen LogP contribution is 2.57. The summed E-state index contributed by atoms with van der Waals surface area (Å²) in [6.07, 6.45) is 3.80. The number of hydrogen-bond acceptors (Lipinski definition) is 2. The topological polar surface area (TPSA) is 40.9 Å². The zero-order valence-electron chi connectivity index (χ0n) is 10.4. The van der Waals surface area contributed by atoms with Gasteiger partial charge in [0.15, 0.2) is 5.78 Å². The van der Waals surface area contributed by atoms with E-state index in [1.165, 1.54) is 0 Å². The van der Waals surface area contributed by atoms with Crippen molar-refractivity contribution in [2.24, 2.45) is 5.41 Å². The first-order chi connectivity index (χ1) is 8.58. The molecule has 0 heterocycles. The van der Waals surface area contributed by atoms with E-state index in [0.717, 1.165) is 17.6 Å². The van der Waals surface area contributed by atoms with Gasteiger partial charge in [-0.05, 0) is 29.9 Å². The quantitative estimate of drug-likeness (QED) is 0.752. The average Bonchev–Trinajstić information content (AvgIpc) is 2.78. The van der Waals surface area contributed by atoms with Crippen molar-refractivity contribution < 1.29 is 4.79 Å². The Morgan fingerprint density at radius 1 is 1.22 bits per heavy atom. The molecule has 0 spiro atoms. The maximum atomic E-state index is 11.5. The average molecular weight is 237 g/mol. The molecule has 1 aromatic carbocycles. The van der Waals surface area contributed by atoms with Crippen LogP contribution in [0.3, 0.4) is 0 Å². The minimum atomic E-state index is -0.442. The van der Waals surface area contributed by atoms with Crippen LogP contribution in [0, 0.1) is 16.7 Å². The van der Waals surface area contributed by atoms with E-state index in [-0.39, 0.29) is 11.2 Å². The third-order valence-corrected chi connectivity index (χ3v) is 4.40. The van der Waals surface area contributed by atoms with Crippen LogP contribution in [-0.4, -0.2) is 5.78 Å². The van der Waals surface area contributed by atoms with Crippen LogP contribution in [0.5, 0.6) is 0 Å². The van der Waals surface area contributed by atoms with Gasteiger partial charge in [-0.25, -0.2) is 0 Å². The number of fused-ring (bicyclic) bond motifs is 1. The summed E-state index contributed by atoms with van der Waals surface area (Å²) in [7, 11) is 0. The number of rotatable bonds is 1. The molecule has 18 heavy (non-hydrogen) atoms. The minimum absolute atomic E-state index is 0.0946. The zero-order chi connectivity index (χ0) is 12.8. The lowest BCUT2D eigenvalue weighted by Crippen LogP contribution is -2.23. The van der Waals surface area contributed by atoms with E-state index < -0.39 is 5.41 Å². The molecule has 0 saturated heterocycles. The molecule has 0 radical (unpaired) electrons. The van der Waals surface area contributed by atoms with E-state index in [1.807, 2.05) is 30.3 Å². The third kappa shape index (κ3) is 1.44. The number of carbonyl (C=O) groups excluding carboxylic acids is 1. The molecule has 0 aromatic heterocycles. The van der Waals surface area contributed by atoms with E-state index in [0.29, 0.717) is 12.8 Å². The van der Waals surface area contributed by atoms with E-state index >= 15 is 0 Å². The SMILES string of the molecule is C[C@]12CC(=O)C=C1C[C@@](C#N)(c1ccccc1)C2. The molecule has 0 N–H and O–H groups in total. The summed E-state index contributed by atoms with van der Waals surface area (Å²) in [5.41, 5.74) is 1.71. The van der Waals surface area contributed by atoms with Gasteiger partial charge in [-0.1, -0.05) is 42.8 Å². The first-order valence-electron chi connectivity index (χ1n) is 6.29. The van der Waals surface area contributed by atoms with Crippen LogP contribution >= 0.6 is 0 Å². The third-order valence-electron chi connectivity index (χ3n) is 4.40. The van der Waals surface area contributed by atoms with Crippen LogP contribution in [-0.2, 0) is 10.2 Å². The molecule has 2 aliphatic rings. The normalized spacial score (nSPS) is 34.0. The number of nitriles is 1. The van der Waals surface area contributed by atoms with Crippen molar-refractivity contribution in [3.05, 3.63) is 47.5 Å². The van der Waals surface area contributed by atoms with Crippen molar-refractivity contribution in [3.63, 3.8) is 0 Å². The second-order valence-corrected chi connectivity index (χ2v) is 5.79. The van der Waals surface area contributed by atoms with Crippen LogP contribution in [0.15, 0.2) is 42.0 Å². The molecule has 90 valence electrons. The van der Waals surface area contributed by atoms with Gasteiger partial charge in [-0.15, -0.1) is 0 Å². The number of nitrogens with zero attached hydrogens (tertiary/aromatic N) is 1. The van der Waals surface area contributed by atoms with Gasteiger partial charge in [0.05, 0.1) is 11.5 Å². The highest BCUT2D eigenvalue weighted by atomic mass is 16.1. The molecule has 0 aliphatic heterocycles. The largest absolute Gasteiger partial charge is 0.295 e. The number of hydrogen-bond donors (Lipinski definition) is 0. The van der Waals surface area contributed by atoms with Gasteiger partial charge in [0.1, 0.15) is 0 Å². The van der Waals surface area contributed by atoms with Gasteiger partial charge in [-0.2, -0.15) is 5.26 Å². The first kappa shape index (κ1) is 11.2. The van der Waals surface area contributed by atoms with Crippen molar-refractivity contribution >= 4 is 5.78 Å². The van der Waals surface area contributed by atoms with Crippen molar-refractivity contribution in [1.29, 1.82) is 5.26 Å². The van der Waals surface area contributed by atoms with Crippen molar-refractivity contribution in [3.8, 4) is 6.07 Å². The molecular weight excluding hydrogens is 222 g/mol. The van der Waals surface area contributed by atoms with Crippen LogP contribution in [0.25, 0.3) is 0 Å². The predicted octanol–water partition coefficient (Wildman–Crippen LogP) is 3.15. The Hall–Kier alpha value is -1.88. The summed E-state index contributed by atoms with van der Waals surface area (Å²) in [4.78, 5) is 11.5.